The molecular weight excluding hydrogens is 407 g/mol. The van der Waals surface area contributed by atoms with Crippen molar-refractivity contribution < 1.29 is 13.2 Å². The lowest BCUT2D eigenvalue weighted by atomic mass is 10.3. The standard InChI is InChI=1S/C12H7BrCl2O3S2/c13-11-5-4-10(19-11)9(16)6-20(17,18)12-7(14)2-1-3-8(12)15/h1-5H,6H2. The fraction of sp³-hybridized carbons (Fsp3) is 0.0833. The molecular formula is C12H7BrCl2O3S2. The number of rotatable bonds is 4. The van der Waals surface area contributed by atoms with Gasteiger partial charge >= 0.3 is 0 Å². The van der Waals surface area contributed by atoms with Crippen molar-refractivity contribution in [3.8, 4) is 0 Å². The zero-order chi connectivity index (χ0) is 14.9. The van der Waals surface area contributed by atoms with Crippen LogP contribution in [0.5, 0.6) is 0 Å². The summed E-state index contributed by atoms with van der Waals surface area (Å²) in [6, 6.07) is 7.65. The van der Waals surface area contributed by atoms with Gasteiger partial charge in [0.25, 0.3) is 0 Å². The first-order chi connectivity index (χ1) is 9.31. The number of hydrogen-bond donors (Lipinski definition) is 0. The van der Waals surface area contributed by atoms with E-state index in [0.29, 0.717) is 4.88 Å². The quantitative estimate of drug-likeness (QED) is 0.694. The van der Waals surface area contributed by atoms with Crippen LogP contribution in [0.4, 0.5) is 0 Å². The molecule has 8 heteroatoms. The van der Waals surface area contributed by atoms with Gasteiger partial charge < -0.3 is 0 Å². The maximum Gasteiger partial charge on any atom is 0.188 e. The van der Waals surface area contributed by atoms with Crippen LogP contribution in [-0.4, -0.2) is 20.0 Å². The summed E-state index contributed by atoms with van der Waals surface area (Å²) in [5.41, 5.74) is 0. The lowest BCUT2D eigenvalue weighted by Gasteiger charge is -2.07. The molecule has 0 aliphatic heterocycles. The van der Waals surface area contributed by atoms with Gasteiger partial charge in [0.15, 0.2) is 15.6 Å². The van der Waals surface area contributed by atoms with Crippen molar-refractivity contribution in [3.63, 3.8) is 0 Å². The molecule has 0 N–H and O–H groups in total. The zero-order valence-corrected chi connectivity index (χ0v) is 14.5. The van der Waals surface area contributed by atoms with Crippen molar-refractivity contribution in [2.45, 2.75) is 4.90 Å². The first kappa shape index (κ1) is 16.0. The number of hydrogen-bond acceptors (Lipinski definition) is 4. The highest BCUT2D eigenvalue weighted by molar-refractivity contribution is 9.11. The smallest absolute Gasteiger partial charge is 0.188 e. The number of Topliss-reactive ketones (excluding diaryl/α,β-unsaturated/α-hetero) is 1. The molecule has 2 rings (SSSR count). The number of thiophene rings is 1. The number of sulfone groups is 1. The third kappa shape index (κ3) is 3.43. The summed E-state index contributed by atoms with van der Waals surface area (Å²) >= 11 is 16.1. The first-order valence-corrected chi connectivity index (χ1v) is 9.28. The van der Waals surface area contributed by atoms with E-state index in [1.54, 1.807) is 18.2 Å². The van der Waals surface area contributed by atoms with Crippen molar-refractivity contribution in [2.75, 3.05) is 5.75 Å². The van der Waals surface area contributed by atoms with Crippen LogP contribution in [0.3, 0.4) is 0 Å². The Hall–Kier alpha value is -0.400. The summed E-state index contributed by atoms with van der Waals surface area (Å²) in [5.74, 6) is -1.15. The van der Waals surface area contributed by atoms with Gasteiger partial charge in [-0.1, -0.05) is 29.3 Å². The van der Waals surface area contributed by atoms with E-state index in [-0.39, 0.29) is 14.9 Å². The molecule has 1 heterocycles. The molecule has 1 aromatic carbocycles. The number of ketones is 1. The molecule has 0 fully saturated rings. The Kier molecular flexibility index (Phi) is 4.92. The highest BCUT2D eigenvalue weighted by atomic mass is 79.9. The van der Waals surface area contributed by atoms with Crippen LogP contribution in [0, 0.1) is 0 Å². The molecule has 1 aromatic heterocycles. The average molecular weight is 414 g/mol. The van der Waals surface area contributed by atoms with Crippen LogP contribution >= 0.6 is 50.5 Å². The van der Waals surface area contributed by atoms with Gasteiger partial charge in [-0.05, 0) is 40.2 Å². The Labute approximate surface area is 138 Å². The summed E-state index contributed by atoms with van der Waals surface area (Å²) < 4.78 is 25.3. The van der Waals surface area contributed by atoms with Gasteiger partial charge in [0.2, 0.25) is 0 Å². The molecule has 0 spiro atoms. The van der Waals surface area contributed by atoms with Crippen LogP contribution in [-0.2, 0) is 9.84 Å². The molecule has 0 aliphatic rings. The van der Waals surface area contributed by atoms with Gasteiger partial charge in [0.05, 0.1) is 18.7 Å². The van der Waals surface area contributed by atoms with E-state index in [2.05, 4.69) is 15.9 Å². The van der Waals surface area contributed by atoms with E-state index in [9.17, 15) is 13.2 Å². The minimum absolute atomic E-state index is 0.0117. The van der Waals surface area contributed by atoms with Crippen molar-refractivity contribution in [2.24, 2.45) is 0 Å². The van der Waals surface area contributed by atoms with Crippen LogP contribution in [0.1, 0.15) is 9.67 Å². The van der Waals surface area contributed by atoms with Gasteiger partial charge in [-0.2, -0.15) is 0 Å². The second-order valence-corrected chi connectivity index (χ2v) is 9.04. The number of benzene rings is 1. The summed E-state index contributed by atoms with van der Waals surface area (Å²) in [6.45, 7) is 0. The number of halogens is 3. The van der Waals surface area contributed by atoms with Gasteiger partial charge in [-0.15, -0.1) is 11.3 Å². The fourth-order valence-electron chi connectivity index (χ4n) is 1.56. The monoisotopic (exact) mass is 412 g/mol. The van der Waals surface area contributed by atoms with Crippen molar-refractivity contribution in [3.05, 3.63) is 49.0 Å². The molecule has 0 bridgehead atoms. The third-order valence-corrected chi connectivity index (χ3v) is 6.62. The Morgan fingerprint density at radius 1 is 1.15 bits per heavy atom. The summed E-state index contributed by atoms with van der Waals surface area (Å²) in [6.07, 6.45) is 0. The van der Waals surface area contributed by atoms with Crippen molar-refractivity contribution >= 4 is 66.1 Å². The largest absolute Gasteiger partial charge is 0.292 e. The Bertz CT molecular complexity index is 749. The van der Waals surface area contributed by atoms with E-state index >= 15 is 0 Å². The van der Waals surface area contributed by atoms with Crippen LogP contribution in [0.25, 0.3) is 0 Å². The third-order valence-electron chi connectivity index (χ3n) is 2.40. The van der Waals surface area contributed by atoms with Crippen LogP contribution < -0.4 is 0 Å². The summed E-state index contributed by atoms with van der Waals surface area (Å²) in [7, 11) is -3.88. The molecule has 0 saturated carbocycles. The minimum Gasteiger partial charge on any atom is -0.292 e. The second-order valence-electron chi connectivity index (χ2n) is 3.84. The zero-order valence-electron chi connectivity index (χ0n) is 9.77. The first-order valence-electron chi connectivity index (χ1n) is 5.26. The topological polar surface area (TPSA) is 51.2 Å². The SMILES string of the molecule is O=C(CS(=O)(=O)c1c(Cl)cccc1Cl)c1ccc(Br)s1. The molecule has 2 aromatic rings. The molecule has 20 heavy (non-hydrogen) atoms. The normalized spacial score (nSPS) is 11.6. The highest BCUT2D eigenvalue weighted by Gasteiger charge is 2.26. The number of carbonyl (C=O) groups is 1. The van der Waals surface area contributed by atoms with Gasteiger partial charge in [0, 0.05) is 0 Å². The van der Waals surface area contributed by atoms with Crippen molar-refractivity contribution in [1.82, 2.24) is 0 Å². The second kappa shape index (κ2) is 6.15. The molecule has 0 unspecified atom stereocenters. The minimum atomic E-state index is -3.88. The maximum absolute atomic E-state index is 12.3. The lowest BCUT2D eigenvalue weighted by molar-refractivity contribution is 0.102. The Balaban J connectivity index is 2.35. The van der Waals surface area contributed by atoms with E-state index in [4.69, 9.17) is 23.2 Å². The Morgan fingerprint density at radius 2 is 1.75 bits per heavy atom. The van der Waals surface area contributed by atoms with Gasteiger partial charge in [-0.3, -0.25) is 4.79 Å². The number of carbonyl (C=O) groups excluding carboxylic acids is 1. The molecule has 0 atom stereocenters. The molecule has 0 aliphatic carbocycles. The van der Waals surface area contributed by atoms with E-state index in [0.717, 1.165) is 3.79 Å². The lowest BCUT2D eigenvalue weighted by Crippen LogP contribution is -2.16. The Morgan fingerprint density at radius 3 is 2.25 bits per heavy atom. The molecule has 3 nitrogen and oxygen atoms in total. The fourth-order valence-corrected chi connectivity index (χ4v) is 5.45. The predicted octanol–water partition coefficient (Wildman–Crippen LogP) is 4.47. The average Bonchev–Trinajstić information content (AvgIpc) is 2.74. The van der Waals surface area contributed by atoms with Gasteiger partial charge in [-0.25, -0.2) is 8.42 Å². The highest BCUT2D eigenvalue weighted by Crippen LogP contribution is 2.31. The predicted molar refractivity (Wildman–Crippen MR) is 84.9 cm³/mol. The van der Waals surface area contributed by atoms with E-state index in [1.807, 2.05) is 0 Å². The summed E-state index contributed by atoms with van der Waals surface area (Å²) in [5, 5.41) is 0.0234. The molecule has 0 radical (unpaired) electrons. The maximum atomic E-state index is 12.3. The van der Waals surface area contributed by atoms with Crippen LogP contribution in [0.15, 0.2) is 39.0 Å². The van der Waals surface area contributed by atoms with Crippen molar-refractivity contribution in [1.29, 1.82) is 0 Å². The van der Waals surface area contributed by atoms with Crippen LogP contribution in [0.2, 0.25) is 10.0 Å². The van der Waals surface area contributed by atoms with E-state index < -0.39 is 21.4 Å². The van der Waals surface area contributed by atoms with E-state index in [1.165, 1.54) is 23.5 Å². The van der Waals surface area contributed by atoms with Gasteiger partial charge in [0.1, 0.15) is 10.6 Å². The molecule has 0 amide bonds. The molecule has 106 valence electrons. The molecule has 0 saturated heterocycles. The summed E-state index contributed by atoms with van der Waals surface area (Å²) in [4.78, 5) is 12.2.